The quantitative estimate of drug-likeness (QED) is 0.807. The highest BCUT2D eigenvalue weighted by Crippen LogP contribution is 2.20. The molecule has 1 aromatic rings. The van der Waals surface area contributed by atoms with E-state index in [-0.39, 0.29) is 12.4 Å². The Bertz CT molecular complexity index is 607. The van der Waals surface area contributed by atoms with Gasteiger partial charge in [0.15, 0.2) is 0 Å². The molecule has 1 fully saturated rings. The van der Waals surface area contributed by atoms with Crippen molar-refractivity contribution in [2.75, 3.05) is 19.6 Å². The number of piperidine rings is 1. The maximum atomic E-state index is 12.6. The summed E-state index contributed by atoms with van der Waals surface area (Å²) < 4.78 is 29.8. The fraction of sp³-hybridized carbons (Fsp3) is 0.800. The molecule has 0 amide bonds. The molecule has 2 heterocycles. The number of hydrogen-bond acceptors (Lipinski definition) is 4. The van der Waals surface area contributed by atoms with Crippen LogP contribution < -0.4 is 10.0 Å². The highest BCUT2D eigenvalue weighted by Gasteiger charge is 2.26. The molecule has 2 N–H and O–H groups in total. The van der Waals surface area contributed by atoms with Crippen molar-refractivity contribution >= 4 is 22.4 Å². The number of nitrogens with one attached hydrogen (secondary N) is 2. The average Bonchev–Trinajstić information content (AvgIpc) is 2.72. The van der Waals surface area contributed by atoms with Crippen LogP contribution in [0, 0.1) is 25.7 Å². The summed E-state index contributed by atoms with van der Waals surface area (Å²) in [6.07, 6.45) is 2.18. The second-order valence-corrected chi connectivity index (χ2v) is 8.34. The molecule has 134 valence electrons. The highest BCUT2D eigenvalue weighted by molar-refractivity contribution is 7.89. The predicted octanol–water partition coefficient (Wildman–Crippen LogP) is 1.86. The summed E-state index contributed by atoms with van der Waals surface area (Å²) in [5.74, 6) is 0.796. The average molecular weight is 365 g/mol. The van der Waals surface area contributed by atoms with Gasteiger partial charge in [-0.25, -0.2) is 13.1 Å². The van der Waals surface area contributed by atoms with Crippen LogP contribution in [-0.4, -0.2) is 37.8 Å². The van der Waals surface area contributed by atoms with Gasteiger partial charge in [0.05, 0.1) is 11.4 Å². The summed E-state index contributed by atoms with van der Waals surface area (Å²) in [7, 11) is -3.50. The number of nitrogens with zero attached hydrogens (tertiary/aromatic N) is 2. The van der Waals surface area contributed by atoms with E-state index in [2.05, 4.69) is 29.0 Å². The molecule has 1 aliphatic heterocycles. The van der Waals surface area contributed by atoms with E-state index in [1.807, 2.05) is 6.92 Å². The van der Waals surface area contributed by atoms with E-state index >= 15 is 0 Å². The number of aryl methyl sites for hydroxylation is 1. The van der Waals surface area contributed by atoms with E-state index in [1.54, 1.807) is 11.6 Å². The van der Waals surface area contributed by atoms with Crippen LogP contribution in [0.5, 0.6) is 0 Å². The molecule has 1 saturated heterocycles. The van der Waals surface area contributed by atoms with Crippen LogP contribution in [0.3, 0.4) is 0 Å². The molecule has 2 rings (SSSR count). The lowest BCUT2D eigenvalue weighted by molar-refractivity contribution is 0.376. The summed E-state index contributed by atoms with van der Waals surface area (Å²) in [5.41, 5.74) is 1.30. The SMILES string of the molecule is Cc1nn(CC(C)C)c(C)c1S(=O)(=O)NCC1CCCNC1.Cl. The van der Waals surface area contributed by atoms with Crippen molar-refractivity contribution in [3.05, 3.63) is 11.4 Å². The number of sulfonamides is 1. The first-order valence-corrected chi connectivity index (χ1v) is 9.54. The van der Waals surface area contributed by atoms with Crippen LogP contribution in [0.2, 0.25) is 0 Å². The molecule has 1 atom stereocenters. The summed E-state index contributed by atoms with van der Waals surface area (Å²) >= 11 is 0. The van der Waals surface area contributed by atoms with Crippen LogP contribution in [0.4, 0.5) is 0 Å². The van der Waals surface area contributed by atoms with E-state index in [0.717, 1.165) is 38.2 Å². The number of hydrogen-bond donors (Lipinski definition) is 2. The lowest BCUT2D eigenvalue weighted by Gasteiger charge is -2.22. The highest BCUT2D eigenvalue weighted by atomic mass is 35.5. The molecule has 0 aliphatic carbocycles. The van der Waals surface area contributed by atoms with Crippen LogP contribution in [0.25, 0.3) is 0 Å². The molecule has 8 heteroatoms. The molecule has 1 aromatic heterocycles. The van der Waals surface area contributed by atoms with Gasteiger partial charge in [-0.2, -0.15) is 5.10 Å². The Labute approximate surface area is 145 Å². The zero-order valence-electron chi connectivity index (χ0n) is 14.4. The minimum absolute atomic E-state index is 0. The molecule has 6 nitrogen and oxygen atoms in total. The smallest absolute Gasteiger partial charge is 0.244 e. The third-order valence-corrected chi connectivity index (χ3v) is 5.76. The van der Waals surface area contributed by atoms with E-state index in [4.69, 9.17) is 0 Å². The monoisotopic (exact) mass is 364 g/mol. The van der Waals surface area contributed by atoms with Crippen molar-refractivity contribution in [3.63, 3.8) is 0 Å². The fourth-order valence-electron chi connectivity index (χ4n) is 2.99. The molecule has 0 saturated carbocycles. The fourth-order valence-corrected chi connectivity index (χ4v) is 4.51. The van der Waals surface area contributed by atoms with Crippen molar-refractivity contribution in [1.29, 1.82) is 0 Å². The number of aromatic nitrogens is 2. The minimum Gasteiger partial charge on any atom is -0.316 e. The van der Waals surface area contributed by atoms with Gasteiger partial charge in [0.2, 0.25) is 10.0 Å². The minimum atomic E-state index is -3.50. The second kappa shape index (κ2) is 8.46. The Morgan fingerprint density at radius 1 is 1.39 bits per heavy atom. The van der Waals surface area contributed by atoms with Gasteiger partial charge < -0.3 is 5.32 Å². The lowest BCUT2D eigenvalue weighted by Crippen LogP contribution is -2.38. The lowest BCUT2D eigenvalue weighted by atomic mass is 10.0. The summed E-state index contributed by atoms with van der Waals surface area (Å²) in [5, 5.41) is 7.70. The van der Waals surface area contributed by atoms with Gasteiger partial charge in [0, 0.05) is 13.1 Å². The Kier molecular flexibility index (Phi) is 7.51. The molecule has 0 bridgehead atoms. The van der Waals surface area contributed by atoms with Gasteiger partial charge in [0.1, 0.15) is 4.90 Å². The van der Waals surface area contributed by atoms with Crippen LogP contribution in [0.1, 0.15) is 38.1 Å². The Balaban J connectivity index is 0.00000264. The zero-order valence-corrected chi connectivity index (χ0v) is 16.1. The topological polar surface area (TPSA) is 76.0 Å². The van der Waals surface area contributed by atoms with Crippen molar-refractivity contribution in [3.8, 4) is 0 Å². The van der Waals surface area contributed by atoms with Gasteiger partial charge >= 0.3 is 0 Å². The van der Waals surface area contributed by atoms with Gasteiger partial charge in [-0.3, -0.25) is 4.68 Å². The zero-order chi connectivity index (χ0) is 16.3. The third-order valence-electron chi connectivity index (χ3n) is 4.08. The second-order valence-electron chi connectivity index (χ2n) is 6.64. The first-order chi connectivity index (χ1) is 10.3. The van der Waals surface area contributed by atoms with Gasteiger partial charge in [-0.15, -0.1) is 12.4 Å². The van der Waals surface area contributed by atoms with E-state index in [9.17, 15) is 8.42 Å². The molecule has 0 aromatic carbocycles. The first-order valence-electron chi connectivity index (χ1n) is 8.05. The van der Waals surface area contributed by atoms with Gasteiger partial charge in [0.25, 0.3) is 0 Å². The number of halogens is 1. The summed E-state index contributed by atoms with van der Waals surface area (Å²) in [6.45, 7) is 10.9. The summed E-state index contributed by atoms with van der Waals surface area (Å²) in [6, 6.07) is 0. The molecule has 0 radical (unpaired) electrons. The normalized spacial score (nSPS) is 18.9. The Morgan fingerprint density at radius 3 is 2.65 bits per heavy atom. The number of rotatable bonds is 6. The largest absolute Gasteiger partial charge is 0.316 e. The first kappa shape index (κ1) is 20.4. The molecule has 1 aliphatic rings. The van der Waals surface area contributed by atoms with Crippen LogP contribution in [-0.2, 0) is 16.6 Å². The maximum absolute atomic E-state index is 12.6. The maximum Gasteiger partial charge on any atom is 0.244 e. The standard InChI is InChI=1S/C15H28N4O2S.ClH/c1-11(2)10-19-13(4)15(12(3)18-19)22(20,21)17-9-14-6-5-7-16-8-14;/h11,14,16-17H,5-10H2,1-4H3;1H. The Morgan fingerprint density at radius 2 is 2.09 bits per heavy atom. The van der Waals surface area contributed by atoms with Crippen molar-refractivity contribution < 1.29 is 8.42 Å². The van der Waals surface area contributed by atoms with Crippen LogP contribution in [0.15, 0.2) is 4.90 Å². The molecular formula is C15H29ClN4O2S. The van der Waals surface area contributed by atoms with E-state index in [1.165, 1.54) is 0 Å². The van der Waals surface area contributed by atoms with Crippen molar-refractivity contribution in [1.82, 2.24) is 19.8 Å². The van der Waals surface area contributed by atoms with Gasteiger partial charge in [-0.05, 0) is 51.6 Å². The predicted molar refractivity (Wildman–Crippen MR) is 94.6 cm³/mol. The van der Waals surface area contributed by atoms with Crippen molar-refractivity contribution in [2.24, 2.45) is 11.8 Å². The molecule has 0 spiro atoms. The Hall–Kier alpha value is -0.630. The van der Waals surface area contributed by atoms with Crippen LogP contribution >= 0.6 is 12.4 Å². The molecule has 23 heavy (non-hydrogen) atoms. The third kappa shape index (κ3) is 5.17. The summed E-state index contributed by atoms with van der Waals surface area (Å²) in [4.78, 5) is 0.344. The van der Waals surface area contributed by atoms with Gasteiger partial charge in [-0.1, -0.05) is 13.8 Å². The molecule has 1 unspecified atom stereocenters. The van der Waals surface area contributed by atoms with E-state index < -0.39 is 10.0 Å². The van der Waals surface area contributed by atoms with E-state index in [0.29, 0.717) is 29.0 Å². The molecular weight excluding hydrogens is 336 g/mol. The van der Waals surface area contributed by atoms with Crippen molar-refractivity contribution in [2.45, 2.75) is 52.0 Å².